The molecule has 2 heterocycles. The van der Waals surface area contributed by atoms with Crippen LogP contribution < -0.4 is 10.0 Å². The van der Waals surface area contributed by atoms with E-state index in [0.29, 0.717) is 20.0 Å². The molecule has 1 amide bonds. The fourth-order valence-electron chi connectivity index (χ4n) is 1.84. The third-order valence-corrected chi connectivity index (χ3v) is 5.73. The number of furan rings is 1. The van der Waals surface area contributed by atoms with E-state index in [1.165, 1.54) is 36.6 Å². The third-order valence-electron chi connectivity index (χ3n) is 2.96. The maximum absolute atomic E-state index is 12.0. The van der Waals surface area contributed by atoms with Gasteiger partial charge in [-0.25, -0.2) is 18.1 Å². The Morgan fingerprint density at radius 1 is 1.30 bits per heavy atom. The summed E-state index contributed by atoms with van der Waals surface area (Å²) >= 11 is 4.30. The number of benzene rings is 1. The van der Waals surface area contributed by atoms with Gasteiger partial charge < -0.3 is 4.42 Å². The second-order valence-electron chi connectivity index (χ2n) is 4.41. The van der Waals surface area contributed by atoms with Crippen LogP contribution in [0.1, 0.15) is 10.6 Å². The van der Waals surface area contributed by atoms with Crippen molar-refractivity contribution >= 4 is 58.5 Å². The molecule has 3 aromatic rings. The summed E-state index contributed by atoms with van der Waals surface area (Å²) in [6.45, 7) is 0. The molecule has 0 aliphatic rings. The lowest BCUT2D eigenvalue weighted by molar-refractivity contribution is 0.0995. The van der Waals surface area contributed by atoms with Crippen molar-refractivity contribution in [2.75, 3.05) is 12.4 Å². The van der Waals surface area contributed by atoms with E-state index < -0.39 is 15.9 Å². The van der Waals surface area contributed by atoms with Gasteiger partial charge >= 0.3 is 0 Å². The number of nitrogens with one attached hydrogen (secondary N) is 2. The molecule has 7 nitrogen and oxygen atoms in total. The summed E-state index contributed by atoms with van der Waals surface area (Å²) in [5, 5.41) is 2.98. The van der Waals surface area contributed by atoms with Crippen LogP contribution in [-0.2, 0) is 10.0 Å². The van der Waals surface area contributed by atoms with Gasteiger partial charge in [0.2, 0.25) is 10.0 Å². The minimum absolute atomic E-state index is 0.143. The maximum atomic E-state index is 12.0. The number of anilines is 1. The van der Waals surface area contributed by atoms with E-state index in [2.05, 4.69) is 31.0 Å². The van der Waals surface area contributed by atoms with Gasteiger partial charge in [-0.2, -0.15) is 0 Å². The topological polar surface area (TPSA) is 101 Å². The van der Waals surface area contributed by atoms with Gasteiger partial charge in [-0.15, -0.1) is 0 Å². The normalized spacial score (nSPS) is 11.7. The summed E-state index contributed by atoms with van der Waals surface area (Å²) in [7, 11) is -2.18. The van der Waals surface area contributed by atoms with Crippen molar-refractivity contribution in [2.45, 2.75) is 4.90 Å². The van der Waals surface area contributed by atoms with Crippen LogP contribution in [0.3, 0.4) is 0 Å². The fraction of sp³-hybridized carbons (Fsp3) is 0.0769. The molecule has 0 saturated carbocycles. The van der Waals surface area contributed by atoms with Gasteiger partial charge in [0.25, 0.3) is 5.91 Å². The molecule has 0 unspecified atom stereocenters. The first-order valence-electron chi connectivity index (χ1n) is 6.30. The van der Waals surface area contributed by atoms with Crippen molar-refractivity contribution in [3.8, 4) is 0 Å². The standard InChI is InChI=1S/C13H10BrN3O4S2/c1-15-23(19,20)7-2-3-8-10(6-7)22-13(16-8)17-12(18)9-4-5-11(14)21-9/h2-6,15H,1H3,(H,16,17,18). The zero-order valence-corrected chi connectivity index (χ0v) is 14.9. The molecular weight excluding hydrogens is 406 g/mol. The molecule has 0 radical (unpaired) electrons. The highest BCUT2D eigenvalue weighted by Crippen LogP contribution is 2.28. The van der Waals surface area contributed by atoms with Gasteiger partial charge in [-0.1, -0.05) is 11.3 Å². The van der Waals surface area contributed by atoms with Crippen LogP contribution in [-0.4, -0.2) is 26.4 Å². The van der Waals surface area contributed by atoms with Crippen LogP contribution in [0, 0.1) is 0 Å². The molecule has 3 rings (SSSR count). The van der Waals surface area contributed by atoms with Gasteiger partial charge in [0, 0.05) is 0 Å². The highest BCUT2D eigenvalue weighted by Gasteiger charge is 2.16. The van der Waals surface area contributed by atoms with Crippen LogP contribution in [0.5, 0.6) is 0 Å². The zero-order valence-electron chi connectivity index (χ0n) is 11.7. The summed E-state index contributed by atoms with van der Waals surface area (Å²) < 4.78 is 32.1. The monoisotopic (exact) mass is 415 g/mol. The van der Waals surface area contributed by atoms with Crippen LogP contribution >= 0.6 is 27.3 Å². The number of amides is 1. The molecule has 0 bridgehead atoms. The average molecular weight is 416 g/mol. The third kappa shape index (κ3) is 3.29. The van der Waals surface area contributed by atoms with Crippen LogP contribution in [0.2, 0.25) is 0 Å². The summed E-state index contributed by atoms with van der Waals surface area (Å²) in [4.78, 5) is 16.4. The number of aromatic nitrogens is 1. The smallest absolute Gasteiger partial charge is 0.293 e. The van der Waals surface area contributed by atoms with Gasteiger partial charge in [0.15, 0.2) is 15.6 Å². The molecule has 0 spiro atoms. The molecule has 10 heteroatoms. The Hall–Kier alpha value is -1.75. The SMILES string of the molecule is CNS(=O)(=O)c1ccc2nc(NC(=O)c3ccc(Br)o3)sc2c1. The quantitative estimate of drug-likeness (QED) is 0.681. The van der Waals surface area contributed by atoms with Gasteiger partial charge in [0.1, 0.15) is 0 Å². The van der Waals surface area contributed by atoms with E-state index in [-0.39, 0.29) is 10.7 Å². The van der Waals surface area contributed by atoms with E-state index in [1.54, 1.807) is 12.1 Å². The fourth-order valence-corrected chi connectivity index (χ4v) is 3.88. The summed E-state index contributed by atoms with van der Waals surface area (Å²) in [6, 6.07) is 7.71. The second kappa shape index (κ2) is 6.04. The number of rotatable bonds is 4. The van der Waals surface area contributed by atoms with Gasteiger partial charge in [0.05, 0.1) is 15.1 Å². The number of carbonyl (C=O) groups excluding carboxylic acids is 1. The predicted octanol–water partition coefficient (Wildman–Crippen LogP) is 2.81. The largest absolute Gasteiger partial charge is 0.444 e. The summed E-state index contributed by atoms with van der Waals surface area (Å²) in [5.41, 5.74) is 0.598. The van der Waals surface area contributed by atoms with Crippen molar-refractivity contribution in [3.05, 3.63) is 40.8 Å². The van der Waals surface area contributed by atoms with Crippen LogP contribution in [0.25, 0.3) is 10.2 Å². The van der Waals surface area contributed by atoms with E-state index in [1.807, 2.05) is 0 Å². The second-order valence-corrected chi connectivity index (χ2v) is 8.11. The lowest BCUT2D eigenvalue weighted by Crippen LogP contribution is -2.18. The molecular formula is C13H10BrN3O4S2. The molecule has 1 aromatic carbocycles. The van der Waals surface area contributed by atoms with Crippen LogP contribution in [0.4, 0.5) is 5.13 Å². The number of halogens is 1. The number of sulfonamides is 1. The summed E-state index contributed by atoms with van der Waals surface area (Å²) in [6.07, 6.45) is 0. The molecule has 2 N–H and O–H groups in total. The van der Waals surface area contributed by atoms with Crippen LogP contribution in [0.15, 0.2) is 44.3 Å². The minimum Gasteiger partial charge on any atom is -0.444 e. The number of hydrogen-bond donors (Lipinski definition) is 2. The van der Waals surface area contributed by atoms with Crippen molar-refractivity contribution in [2.24, 2.45) is 0 Å². The molecule has 23 heavy (non-hydrogen) atoms. The highest BCUT2D eigenvalue weighted by atomic mass is 79.9. The predicted molar refractivity (Wildman–Crippen MR) is 90.2 cm³/mol. The maximum Gasteiger partial charge on any atom is 0.293 e. The first-order chi connectivity index (χ1) is 10.9. The lowest BCUT2D eigenvalue weighted by atomic mass is 10.3. The molecule has 120 valence electrons. The van der Waals surface area contributed by atoms with Crippen molar-refractivity contribution in [3.63, 3.8) is 0 Å². The Morgan fingerprint density at radius 3 is 2.74 bits per heavy atom. The number of thiazole rings is 1. The number of carbonyl (C=O) groups is 1. The Kier molecular flexibility index (Phi) is 4.23. The molecule has 2 aromatic heterocycles. The first-order valence-corrected chi connectivity index (χ1v) is 9.39. The van der Waals surface area contributed by atoms with Gasteiger partial charge in [-0.05, 0) is 53.3 Å². The number of nitrogens with zero attached hydrogens (tertiary/aromatic N) is 1. The first kappa shape index (κ1) is 16.1. The lowest BCUT2D eigenvalue weighted by Gasteiger charge is -2.00. The Balaban J connectivity index is 1.90. The van der Waals surface area contributed by atoms with E-state index in [4.69, 9.17) is 4.42 Å². The van der Waals surface area contributed by atoms with E-state index in [9.17, 15) is 13.2 Å². The highest BCUT2D eigenvalue weighted by molar-refractivity contribution is 9.10. The molecule has 0 aliphatic heterocycles. The molecule has 0 aliphatic carbocycles. The Morgan fingerprint density at radius 2 is 2.09 bits per heavy atom. The van der Waals surface area contributed by atoms with E-state index in [0.717, 1.165) is 0 Å². The molecule has 0 atom stereocenters. The average Bonchev–Trinajstić information content (AvgIpc) is 3.11. The van der Waals surface area contributed by atoms with Gasteiger partial charge in [-0.3, -0.25) is 10.1 Å². The zero-order chi connectivity index (χ0) is 16.6. The number of fused-ring (bicyclic) bond motifs is 1. The van der Waals surface area contributed by atoms with Crippen molar-refractivity contribution in [1.82, 2.24) is 9.71 Å². The minimum atomic E-state index is -3.52. The number of hydrogen-bond acceptors (Lipinski definition) is 6. The molecule has 0 saturated heterocycles. The molecule has 0 fully saturated rings. The summed E-state index contributed by atoms with van der Waals surface area (Å²) in [5.74, 6) is -0.285. The van der Waals surface area contributed by atoms with E-state index >= 15 is 0 Å². The van der Waals surface area contributed by atoms with Crippen molar-refractivity contribution < 1.29 is 17.6 Å². The Bertz CT molecular complexity index is 994. The Labute approximate surface area is 143 Å². The van der Waals surface area contributed by atoms with Crippen molar-refractivity contribution in [1.29, 1.82) is 0 Å².